The molecule has 0 aliphatic carbocycles. The number of para-hydroxylation sites is 2. The number of furan rings is 2. The molecule has 2 heterocycles. The van der Waals surface area contributed by atoms with Gasteiger partial charge in [-0.25, -0.2) is 0 Å². The number of rotatable bonds is 6. The summed E-state index contributed by atoms with van der Waals surface area (Å²) < 4.78 is 12.8. The van der Waals surface area contributed by atoms with Gasteiger partial charge in [-0.05, 0) is 117 Å². The molecule has 0 saturated carbocycles. The van der Waals surface area contributed by atoms with Gasteiger partial charge in [0.15, 0.2) is 0 Å². The average molecular weight is 754 g/mol. The van der Waals surface area contributed by atoms with E-state index in [1.807, 2.05) is 12.1 Å². The van der Waals surface area contributed by atoms with E-state index in [0.717, 1.165) is 94.1 Å². The van der Waals surface area contributed by atoms with Crippen LogP contribution in [-0.4, -0.2) is 0 Å². The summed E-state index contributed by atoms with van der Waals surface area (Å²) >= 11 is 0. The molecule has 276 valence electrons. The highest BCUT2D eigenvalue weighted by Crippen LogP contribution is 2.44. The van der Waals surface area contributed by atoms with Crippen molar-refractivity contribution in [3.8, 4) is 33.4 Å². The van der Waals surface area contributed by atoms with Crippen LogP contribution >= 0.6 is 0 Å². The van der Waals surface area contributed by atoms with Crippen LogP contribution in [0.3, 0.4) is 0 Å². The number of nitrogens with zero attached hydrogens (tertiary/aromatic N) is 1. The number of hydrogen-bond donors (Lipinski definition) is 0. The fourth-order valence-corrected chi connectivity index (χ4v) is 8.91. The first-order chi connectivity index (χ1) is 29.2. The van der Waals surface area contributed by atoms with Gasteiger partial charge in [0.05, 0.1) is 5.69 Å². The van der Waals surface area contributed by atoms with Crippen molar-refractivity contribution in [2.45, 2.75) is 0 Å². The maximum absolute atomic E-state index is 6.53. The highest BCUT2D eigenvalue weighted by Gasteiger charge is 2.20. The fraction of sp³-hybridized carbons (Fsp3) is 0. The minimum atomic E-state index is 0.883. The summed E-state index contributed by atoms with van der Waals surface area (Å²) in [6.07, 6.45) is 0. The normalized spacial score (nSPS) is 11.7. The largest absolute Gasteiger partial charge is 0.456 e. The summed E-state index contributed by atoms with van der Waals surface area (Å²) in [5.41, 5.74) is 13.6. The van der Waals surface area contributed by atoms with E-state index < -0.39 is 0 Å². The molecule has 3 nitrogen and oxygen atoms in total. The van der Waals surface area contributed by atoms with E-state index in [2.05, 4.69) is 205 Å². The minimum Gasteiger partial charge on any atom is -0.456 e. The molecule has 10 aromatic carbocycles. The Morgan fingerprint density at radius 2 is 0.932 bits per heavy atom. The summed E-state index contributed by atoms with van der Waals surface area (Å²) in [5.74, 6) is 0. The first kappa shape index (κ1) is 33.3. The lowest BCUT2D eigenvalue weighted by atomic mass is 9.98. The van der Waals surface area contributed by atoms with Gasteiger partial charge in [0.25, 0.3) is 0 Å². The molecule has 0 atom stereocenters. The second-order valence-electron chi connectivity index (χ2n) is 15.3. The summed E-state index contributed by atoms with van der Waals surface area (Å²) in [5, 5.41) is 9.25. The summed E-state index contributed by atoms with van der Waals surface area (Å²) in [4.78, 5) is 2.39. The van der Waals surface area contributed by atoms with Gasteiger partial charge in [-0.2, -0.15) is 0 Å². The Balaban J connectivity index is 1.00. The van der Waals surface area contributed by atoms with Crippen LogP contribution in [0.15, 0.2) is 221 Å². The van der Waals surface area contributed by atoms with Crippen LogP contribution in [0.2, 0.25) is 0 Å². The first-order valence-corrected chi connectivity index (χ1v) is 20.1. The zero-order chi connectivity index (χ0) is 38.9. The van der Waals surface area contributed by atoms with Crippen molar-refractivity contribution in [1.29, 1.82) is 0 Å². The Bertz CT molecular complexity index is 3570. The molecule has 0 aliphatic heterocycles. The Hall–Kier alpha value is -7.88. The molecule has 0 spiro atoms. The third kappa shape index (κ3) is 5.59. The van der Waals surface area contributed by atoms with Crippen molar-refractivity contribution >= 4 is 82.5 Å². The second-order valence-corrected chi connectivity index (χ2v) is 15.3. The molecule has 12 rings (SSSR count). The molecular formula is C56H35NO2. The number of benzene rings is 10. The summed E-state index contributed by atoms with van der Waals surface area (Å²) in [6, 6.07) is 75.9. The number of anilines is 3. The molecule has 0 saturated heterocycles. The van der Waals surface area contributed by atoms with Crippen LogP contribution in [0, 0.1) is 0 Å². The first-order valence-electron chi connectivity index (χ1n) is 20.1. The minimum absolute atomic E-state index is 0.883. The molecule has 0 aliphatic rings. The van der Waals surface area contributed by atoms with Crippen molar-refractivity contribution in [1.82, 2.24) is 0 Å². The maximum atomic E-state index is 6.53. The highest BCUT2D eigenvalue weighted by atomic mass is 16.3. The van der Waals surface area contributed by atoms with E-state index in [0.29, 0.717) is 0 Å². The van der Waals surface area contributed by atoms with Gasteiger partial charge in [-0.3, -0.25) is 0 Å². The van der Waals surface area contributed by atoms with Gasteiger partial charge in [0.1, 0.15) is 22.3 Å². The number of hydrogen-bond acceptors (Lipinski definition) is 3. The van der Waals surface area contributed by atoms with Gasteiger partial charge in [0.2, 0.25) is 0 Å². The van der Waals surface area contributed by atoms with Crippen LogP contribution in [0.4, 0.5) is 17.1 Å². The Morgan fingerprint density at radius 1 is 0.288 bits per heavy atom. The molecule has 0 N–H and O–H groups in total. The van der Waals surface area contributed by atoms with E-state index in [4.69, 9.17) is 8.83 Å². The predicted molar refractivity (Wildman–Crippen MR) is 247 cm³/mol. The van der Waals surface area contributed by atoms with Gasteiger partial charge in [-0.1, -0.05) is 140 Å². The zero-order valence-corrected chi connectivity index (χ0v) is 32.0. The predicted octanol–water partition coefficient (Wildman–Crippen LogP) is 16.3. The van der Waals surface area contributed by atoms with Crippen LogP contribution in [0.25, 0.3) is 98.8 Å². The summed E-state index contributed by atoms with van der Waals surface area (Å²) in [6.45, 7) is 0. The highest BCUT2D eigenvalue weighted by molar-refractivity contribution is 6.16. The Kier molecular flexibility index (Phi) is 7.54. The Morgan fingerprint density at radius 3 is 1.85 bits per heavy atom. The van der Waals surface area contributed by atoms with Gasteiger partial charge < -0.3 is 13.7 Å². The lowest BCUT2D eigenvalue weighted by Gasteiger charge is -2.28. The molecule has 0 unspecified atom stereocenters. The topological polar surface area (TPSA) is 29.5 Å². The van der Waals surface area contributed by atoms with E-state index in [1.54, 1.807) is 0 Å². The van der Waals surface area contributed by atoms with E-state index >= 15 is 0 Å². The van der Waals surface area contributed by atoms with Crippen molar-refractivity contribution in [2.75, 3.05) is 4.90 Å². The second kappa shape index (κ2) is 13.4. The molecule has 0 bridgehead atoms. The summed E-state index contributed by atoms with van der Waals surface area (Å²) in [7, 11) is 0. The zero-order valence-electron chi connectivity index (χ0n) is 32.0. The van der Waals surface area contributed by atoms with Crippen LogP contribution in [0.1, 0.15) is 0 Å². The van der Waals surface area contributed by atoms with Gasteiger partial charge in [0, 0.05) is 43.9 Å². The third-order valence-electron chi connectivity index (χ3n) is 11.8. The lowest BCUT2D eigenvalue weighted by Crippen LogP contribution is -2.11. The van der Waals surface area contributed by atoms with E-state index in [1.165, 1.54) is 21.7 Å². The molecular weight excluding hydrogens is 719 g/mol. The standard InChI is InChI=1S/C56H35NO2/c1-2-12-39-32-41(21-20-36(39)10-1)40-13-9-14-45(33-40)57(44-27-22-37(23-28-44)42-25-29-49-48-17-6-8-19-53(48)58-55(49)35-42)52-18-7-5-15-46(52)43-26-31-54-51(34-43)50-30-24-38-11-3-4-16-47(38)56(50)59-54/h1-35H. The van der Waals surface area contributed by atoms with Gasteiger partial charge in [-0.15, -0.1) is 0 Å². The lowest BCUT2D eigenvalue weighted by molar-refractivity contribution is 0.669. The molecule has 59 heavy (non-hydrogen) atoms. The molecule has 0 fully saturated rings. The van der Waals surface area contributed by atoms with Crippen LogP contribution in [-0.2, 0) is 0 Å². The molecule has 2 aromatic heterocycles. The smallest absolute Gasteiger partial charge is 0.143 e. The maximum Gasteiger partial charge on any atom is 0.143 e. The van der Waals surface area contributed by atoms with Crippen molar-refractivity contribution < 1.29 is 8.83 Å². The SMILES string of the molecule is c1cc(-c2ccc3ccccc3c2)cc(N(c2ccc(-c3ccc4c(c3)oc3ccccc34)cc2)c2ccccc2-c2ccc3oc4c5ccccc5ccc4c3c2)c1. The van der Waals surface area contributed by atoms with Crippen molar-refractivity contribution in [3.05, 3.63) is 212 Å². The van der Waals surface area contributed by atoms with E-state index in [9.17, 15) is 0 Å². The quantitative estimate of drug-likeness (QED) is 0.169. The van der Waals surface area contributed by atoms with E-state index in [-0.39, 0.29) is 0 Å². The average Bonchev–Trinajstić information content (AvgIpc) is 3.87. The fourth-order valence-electron chi connectivity index (χ4n) is 8.91. The molecule has 12 aromatic rings. The third-order valence-corrected chi connectivity index (χ3v) is 11.8. The van der Waals surface area contributed by atoms with Crippen LogP contribution in [0.5, 0.6) is 0 Å². The van der Waals surface area contributed by atoms with Crippen molar-refractivity contribution in [2.24, 2.45) is 0 Å². The Labute approximate surface area is 340 Å². The molecule has 3 heteroatoms. The monoisotopic (exact) mass is 753 g/mol. The number of fused-ring (bicyclic) bond motifs is 9. The van der Waals surface area contributed by atoms with Crippen molar-refractivity contribution in [3.63, 3.8) is 0 Å². The van der Waals surface area contributed by atoms with Gasteiger partial charge >= 0.3 is 0 Å². The molecule has 0 amide bonds. The van der Waals surface area contributed by atoms with Crippen LogP contribution < -0.4 is 4.90 Å². The molecule has 0 radical (unpaired) electrons.